The Balaban J connectivity index is 1.86. The summed E-state index contributed by atoms with van der Waals surface area (Å²) in [6.07, 6.45) is -9.47. The van der Waals surface area contributed by atoms with Gasteiger partial charge in [-0.1, -0.05) is 12.1 Å². The molecule has 3 rings (SSSR count). The van der Waals surface area contributed by atoms with Crippen LogP contribution in [0.1, 0.15) is 5.56 Å². The Kier molecular flexibility index (Phi) is 5.60. The molecule has 0 amide bonds. The SMILES string of the molecule is Fc1ccc(-c2cc(F)c(C(F)(F)Oc3ccc(OC(F)(F)F)cc3)c(F)c2)cc1. The van der Waals surface area contributed by atoms with Gasteiger partial charge in [-0.25, -0.2) is 13.2 Å². The summed E-state index contributed by atoms with van der Waals surface area (Å²) in [4.78, 5) is 0. The van der Waals surface area contributed by atoms with Gasteiger partial charge in [0.2, 0.25) is 0 Å². The number of hydrogen-bond donors (Lipinski definition) is 0. The van der Waals surface area contributed by atoms with E-state index in [1.54, 1.807) is 0 Å². The summed E-state index contributed by atoms with van der Waals surface area (Å²) < 4.78 is 115. The lowest BCUT2D eigenvalue weighted by molar-refractivity contribution is -0.274. The van der Waals surface area contributed by atoms with Crippen LogP contribution < -0.4 is 9.47 Å². The minimum atomic E-state index is -4.98. The number of rotatable bonds is 5. The van der Waals surface area contributed by atoms with Gasteiger partial charge in [-0.15, -0.1) is 13.2 Å². The Morgan fingerprint density at radius 3 is 1.50 bits per heavy atom. The van der Waals surface area contributed by atoms with Gasteiger partial charge in [0.1, 0.15) is 34.5 Å². The van der Waals surface area contributed by atoms with Gasteiger partial charge >= 0.3 is 12.5 Å². The van der Waals surface area contributed by atoms with Gasteiger partial charge in [-0.2, -0.15) is 8.78 Å². The highest BCUT2D eigenvalue weighted by Crippen LogP contribution is 2.37. The molecule has 0 aliphatic rings. The van der Waals surface area contributed by atoms with Crippen molar-refractivity contribution in [3.63, 3.8) is 0 Å². The van der Waals surface area contributed by atoms with Crippen LogP contribution in [-0.4, -0.2) is 6.36 Å². The molecule has 2 nitrogen and oxygen atoms in total. The zero-order chi connectivity index (χ0) is 22.1. The van der Waals surface area contributed by atoms with Gasteiger partial charge in [-0.05, 0) is 59.7 Å². The lowest BCUT2D eigenvalue weighted by atomic mass is 10.0. The summed E-state index contributed by atoms with van der Waals surface area (Å²) in [5.74, 6) is -5.20. The van der Waals surface area contributed by atoms with Gasteiger partial charge in [0.25, 0.3) is 0 Å². The fourth-order valence-corrected chi connectivity index (χ4v) is 2.57. The van der Waals surface area contributed by atoms with Gasteiger partial charge in [0.05, 0.1) is 0 Å². The monoisotopic (exact) mass is 434 g/mol. The molecule has 0 saturated carbocycles. The quantitative estimate of drug-likeness (QED) is 0.412. The highest BCUT2D eigenvalue weighted by atomic mass is 19.4. The summed E-state index contributed by atoms with van der Waals surface area (Å²) >= 11 is 0. The first-order valence-electron chi connectivity index (χ1n) is 8.13. The predicted octanol–water partition coefficient (Wildman–Crippen LogP) is 6.80. The van der Waals surface area contributed by atoms with E-state index in [0.717, 1.165) is 24.3 Å². The fourth-order valence-electron chi connectivity index (χ4n) is 2.57. The Morgan fingerprint density at radius 2 is 1.03 bits per heavy atom. The molecule has 10 heteroatoms. The fraction of sp³-hybridized carbons (Fsp3) is 0.100. The molecule has 30 heavy (non-hydrogen) atoms. The molecular formula is C20H10F8O2. The van der Waals surface area contributed by atoms with Gasteiger partial charge in [0, 0.05) is 0 Å². The normalized spacial score (nSPS) is 12.0. The van der Waals surface area contributed by atoms with Crippen molar-refractivity contribution in [3.8, 4) is 22.6 Å². The van der Waals surface area contributed by atoms with E-state index in [0.29, 0.717) is 24.3 Å². The molecule has 0 spiro atoms. The van der Waals surface area contributed by atoms with E-state index in [-0.39, 0.29) is 11.1 Å². The van der Waals surface area contributed by atoms with Crippen molar-refractivity contribution in [2.24, 2.45) is 0 Å². The maximum atomic E-state index is 14.4. The summed E-state index contributed by atoms with van der Waals surface area (Å²) in [5.41, 5.74) is -1.62. The lowest BCUT2D eigenvalue weighted by Crippen LogP contribution is -2.25. The molecule has 3 aromatic rings. The van der Waals surface area contributed by atoms with E-state index in [1.807, 2.05) is 0 Å². The highest BCUT2D eigenvalue weighted by molar-refractivity contribution is 5.64. The van der Waals surface area contributed by atoms with Crippen molar-refractivity contribution in [2.75, 3.05) is 0 Å². The average Bonchev–Trinajstić information content (AvgIpc) is 2.61. The van der Waals surface area contributed by atoms with Gasteiger partial charge in [-0.3, -0.25) is 0 Å². The molecule has 0 atom stereocenters. The number of ether oxygens (including phenoxy) is 2. The maximum absolute atomic E-state index is 14.4. The highest BCUT2D eigenvalue weighted by Gasteiger charge is 2.41. The summed E-state index contributed by atoms with van der Waals surface area (Å²) in [7, 11) is 0. The van der Waals surface area contributed by atoms with Crippen molar-refractivity contribution in [1.82, 2.24) is 0 Å². The summed E-state index contributed by atoms with van der Waals surface area (Å²) in [6, 6.07) is 8.57. The van der Waals surface area contributed by atoms with Crippen LogP contribution in [0.4, 0.5) is 35.1 Å². The molecule has 0 unspecified atom stereocenters. The van der Waals surface area contributed by atoms with Crippen LogP contribution in [0.3, 0.4) is 0 Å². The van der Waals surface area contributed by atoms with Crippen LogP contribution in [0.5, 0.6) is 11.5 Å². The average molecular weight is 434 g/mol. The van der Waals surface area contributed by atoms with Crippen molar-refractivity contribution >= 4 is 0 Å². The maximum Gasteiger partial charge on any atom is 0.573 e. The number of hydrogen-bond acceptors (Lipinski definition) is 2. The molecule has 0 aromatic heterocycles. The first-order valence-corrected chi connectivity index (χ1v) is 8.13. The van der Waals surface area contributed by atoms with E-state index in [4.69, 9.17) is 0 Å². The number of benzene rings is 3. The van der Waals surface area contributed by atoms with Crippen molar-refractivity contribution in [2.45, 2.75) is 12.5 Å². The van der Waals surface area contributed by atoms with Crippen LogP contribution in [0.25, 0.3) is 11.1 Å². The van der Waals surface area contributed by atoms with E-state index < -0.39 is 47.0 Å². The van der Waals surface area contributed by atoms with E-state index in [1.165, 1.54) is 12.1 Å². The van der Waals surface area contributed by atoms with Crippen LogP contribution in [-0.2, 0) is 6.11 Å². The molecule has 0 aliphatic carbocycles. The zero-order valence-corrected chi connectivity index (χ0v) is 14.6. The smallest absolute Gasteiger partial charge is 0.429 e. The van der Waals surface area contributed by atoms with E-state index in [2.05, 4.69) is 9.47 Å². The third kappa shape index (κ3) is 5.00. The second-order valence-corrected chi connectivity index (χ2v) is 5.96. The van der Waals surface area contributed by atoms with Crippen LogP contribution in [0, 0.1) is 17.5 Å². The molecule has 3 aromatic carbocycles. The molecular weight excluding hydrogens is 424 g/mol. The second-order valence-electron chi connectivity index (χ2n) is 5.96. The first-order chi connectivity index (χ1) is 13.9. The van der Waals surface area contributed by atoms with E-state index >= 15 is 0 Å². The molecule has 0 aliphatic heterocycles. The Bertz CT molecular complexity index is 1010. The molecule has 0 fully saturated rings. The zero-order valence-electron chi connectivity index (χ0n) is 14.6. The van der Waals surface area contributed by atoms with E-state index in [9.17, 15) is 35.1 Å². The largest absolute Gasteiger partial charge is 0.573 e. The second kappa shape index (κ2) is 7.85. The Morgan fingerprint density at radius 1 is 0.567 bits per heavy atom. The third-order valence-electron chi connectivity index (χ3n) is 3.81. The Labute approximate surface area is 164 Å². The predicted molar refractivity (Wildman–Crippen MR) is 89.4 cm³/mol. The minimum absolute atomic E-state index is 0.113. The topological polar surface area (TPSA) is 18.5 Å². The minimum Gasteiger partial charge on any atom is -0.429 e. The Hall–Kier alpha value is -3.30. The molecule has 0 radical (unpaired) electrons. The molecule has 0 bridgehead atoms. The molecule has 0 heterocycles. The summed E-state index contributed by atoms with van der Waals surface area (Å²) in [5, 5.41) is 0. The standard InChI is InChI=1S/C20H10F8O2/c21-13-3-1-11(2-4-13)12-9-16(22)18(17(23)10-12)19(24,25)29-14-5-7-15(8-6-14)30-20(26,27)28/h1-10H. The van der Waals surface area contributed by atoms with Crippen LogP contribution in [0.15, 0.2) is 60.7 Å². The van der Waals surface area contributed by atoms with Crippen LogP contribution in [0.2, 0.25) is 0 Å². The van der Waals surface area contributed by atoms with Crippen molar-refractivity contribution in [3.05, 3.63) is 83.7 Å². The van der Waals surface area contributed by atoms with Crippen molar-refractivity contribution < 1.29 is 44.6 Å². The number of alkyl halides is 5. The third-order valence-corrected chi connectivity index (χ3v) is 3.81. The first kappa shape index (κ1) is 21.4. The summed E-state index contributed by atoms with van der Waals surface area (Å²) in [6.45, 7) is 0. The lowest BCUT2D eigenvalue weighted by Gasteiger charge is -2.20. The van der Waals surface area contributed by atoms with Gasteiger partial charge < -0.3 is 9.47 Å². The molecule has 0 saturated heterocycles. The van der Waals surface area contributed by atoms with Crippen molar-refractivity contribution in [1.29, 1.82) is 0 Å². The van der Waals surface area contributed by atoms with Gasteiger partial charge in [0.15, 0.2) is 0 Å². The van der Waals surface area contributed by atoms with Crippen LogP contribution >= 0.6 is 0 Å². The number of halogens is 8. The molecule has 0 N–H and O–H groups in total. The molecule has 158 valence electrons.